The van der Waals surface area contributed by atoms with Crippen LogP contribution >= 0.6 is 0 Å². The topological polar surface area (TPSA) is 73.2 Å². The molecule has 0 unspecified atom stereocenters. The Morgan fingerprint density at radius 3 is 2.19 bits per heavy atom. The summed E-state index contributed by atoms with van der Waals surface area (Å²) >= 11 is 0. The predicted octanol–water partition coefficient (Wildman–Crippen LogP) is 5.19. The van der Waals surface area contributed by atoms with Crippen molar-refractivity contribution in [3.63, 3.8) is 0 Å². The molecule has 158 valence electrons. The number of aryl methyl sites for hydroxylation is 3. The molecular weight excluding hydrogens is 398 g/mol. The van der Waals surface area contributed by atoms with Crippen LogP contribution in [0.4, 0.5) is 11.4 Å². The molecule has 3 aromatic rings. The minimum absolute atomic E-state index is 0.247. The van der Waals surface area contributed by atoms with Crippen molar-refractivity contribution in [2.24, 2.45) is 0 Å². The lowest BCUT2D eigenvalue weighted by molar-refractivity contribution is -0.120. The smallest absolute Gasteiger partial charge is 0.282 e. The number of carbonyl (C=O) groups excluding carboxylic acids is 2. The Kier molecular flexibility index (Phi) is 5.38. The van der Waals surface area contributed by atoms with Gasteiger partial charge in [-0.15, -0.1) is 0 Å². The molecule has 5 nitrogen and oxygen atoms in total. The quantitative estimate of drug-likeness (QED) is 0.589. The number of hydrogen-bond donors (Lipinski definition) is 1. The van der Waals surface area contributed by atoms with Crippen molar-refractivity contribution in [3.05, 3.63) is 99.7 Å². The third-order valence-corrected chi connectivity index (χ3v) is 6.00. The highest BCUT2D eigenvalue weighted by atomic mass is 16.2. The van der Waals surface area contributed by atoms with E-state index >= 15 is 0 Å². The summed E-state index contributed by atoms with van der Waals surface area (Å²) in [7, 11) is 0. The zero-order valence-corrected chi connectivity index (χ0v) is 18.5. The van der Waals surface area contributed by atoms with Crippen LogP contribution in [0.5, 0.6) is 0 Å². The molecular formula is C27H23N3O2. The Balaban J connectivity index is 1.86. The Bertz CT molecular complexity index is 1330. The van der Waals surface area contributed by atoms with Gasteiger partial charge in [-0.1, -0.05) is 30.3 Å². The lowest BCUT2D eigenvalue weighted by atomic mass is 9.99. The monoisotopic (exact) mass is 421 g/mol. The van der Waals surface area contributed by atoms with Crippen LogP contribution in [0.3, 0.4) is 0 Å². The molecule has 1 aliphatic rings. The van der Waals surface area contributed by atoms with Crippen molar-refractivity contribution in [1.29, 1.82) is 5.26 Å². The Labute approximate surface area is 187 Å². The minimum atomic E-state index is -0.422. The molecule has 1 N–H and O–H groups in total. The van der Waals surface area contributed by atoms with Gasteiger partial charge in [0.25, 0.3) is 11.8 Å². The largest absolute Gasteiger partial charge is 0.350 e. The number of amides is 2. The van der Waals surface area contributed by atoms with E-state index in [0.29, 0.717) is 22.4 Å². The van der Waals surface area contributed by atoms with Gasteiger partial charge in [0.05, 0.1) is 22.9 Å². The van der Waals surface area contributed by atoms with Gasteiger partial charge < -0.3 is 5.32 Å². The number of benzene rings is 3. The van der Waals surface area contributed by atoms with Crippen LogP contribution in [0.25, 0.3) is 5.57 Å². The second kappa shape index (κ2) is 8.16. The van der Waals surface area contributed by atoms with E-state index in [2.05, 4.69) is 11.4 Å². The summed E-state index contributed by atoms with van der Waals surface area (Å²) in [5.74, 6) is -0.815. The van der Waals surface area contributed by atoms with Crippen LogP contribution in [0.2, 0.25) is 0 Å². The van der Waals surface area contributed by atoms with Gasteiger partial charge in [0, 0.05) is 5.69 Å². The lowest BCUT2D eigenvalue weighted by Gasteiger charge is -2.16. The number of rotatable bonds is 4. The summed E-state index contributed by atoms with van der Waals surface area (Å²) in [5.41, 5.74) is 7.19. The van der Waals surface area contributed by atoms with E-state index in [4.69, 9.17) is 5.26 Å². The van der Waals surface area contributed by atoms with Gasteiger partial charge in [0.1, 0.15) is 5.70 Å². The van der Waals surface area contributed by atoms with E-state index in [1.54, 1.807) is 24.3 Å². The first-order valence-corrected chi connectivity index (χ1v) is 10.4. The SMILES string of the molecule is Cc1ccc(C2=C(Nc3cccc(C)c3C)C(=O)N(c3ccc(C#N)cc3)C2=O)cc1C. The molecule has 4 rings (SSSR count). The maximum absolute atomic E-state index is 13.6. The van der Waals surface area contributed by atoms with Crippen molar-refractivity contribution in [2.75, 3.05) is 10.2 Å². The fraction of sp³-hybridized carbons (Fsp3) is 0.148. The summed E-state index contributed by atoms with van der Waals surface area (Å²) in [6, 6.07) is 20.1. The van der Waals surface area contributed by atoms with Crippen molar-refractivity contribution in [1.82, 2.24) is 0 Å². The number of nitriles is 1. The van der Waals surface area contributed by atoms with Gasteiger partial charge in [-0.3, -0.25) is 9.59 Å². The van der Waals surface area contributed by atoms with Gasteiger partial charge >= 0.3 is 0 Å². The molecule has 0 fully saturated rings. The molecule has 2 amide bonds. The second-order valence-electron chi connectivity index (χ2n) is 8.03. The lowest BCUT2D eigenvalue weighted by Crippen LogP contribution is -2.32. The predicted molar refractivity (Wildman–Crippen MR) is 126 cm³/mol. The first-order chi connectivity index (χ1) is 15.3. The van der Waals surface area contributed by atoms with Crippen molar-refractivity contribution in [3.8, 4) is 6.07 Å². The van der Waals surface area contributed by atoms with Crippen molar-refractivity contribution in [2.45, 2.75) is 27.7 Å². The van der Waals surface area contributed by atoms with Crippen LogP contribution in [-0.2, 0) is 9.59 Å². The average molecular weight is 422 g/mol. The first-order valence-electron chi connectivity index (χ1n) is 10.4. The average Bonchev–Trinajstić information content (AvgIpc) is 3.03. The third-order valence-electron chi connectivity index (χ3n) is 6.00. The molecule has 3 aromatic carbocycles. The fourth-order valence-corrected chi connectivity index (χ4v) is 3.75. The molecule has 1 heterocycles. The van der Waals surface area contributed by atoms with Crippen LogP contribution < -0.4 is 10.2 Å². The summed E-state index contributed by atoms with van der Waals surface area (Å²) < 4.78 is 0. The number of hydrogen-bond acceptors (Lipinski definition) is 4. The van der Waals surface area contributed by atoms with Gasteiger partial charge in [0.15, 0.2) is 0 Å². The molecule has 5 heteroatoms. The highest BCUT2D eigenvalue weighted by molar-refractivity contribution is 6.46. The van der Waals surface area contributed by atoms with E-state index < -0.39 is 11.8 Å². The fourth-order valence-electron chi connectivity index (χ4n) is 3.75. The molecule has 0 saturated heterocycles. The third kappa shape index (κ3) is 3.57. The maximum atomic E-state index is 13.6. The first kappa shape index (κ1) is 21.1. The molecule has 32 heavy (non-hydrogen) atoms. The summed E-state index contributed by atoms with van der Waals surface area (Å²) in [6.07, 6.45) is 0. The van der Waals surface area contributed by atoms with Gasteiger partial charge in [-0.05, 0) is 85.8 Å². The van der Waals surface area contributed by atoms with Crippen molar-refractivity contribution < 1.29 is 9.59 Å². The summed E-state index contributed by atoms with van der Waals surface area (Å²) in [5, 5.41) is 12.3. The second-order valence-corrected chi connectivity index (χ2v) is 8.03. The van der Waals surface area contributed by atoms with Crippen LogP contribution in [-0.4, -0.2) is 11.8 Å². The van der Waals surface area contributed by atoms with E-state index in [9.17, 15) is 9.59 Å². The Hall–Kier alpha value is -4.17. The van der Waals surface area contributed by atoms with Crippen LogP contribution in [0, 0.1) is 39.0 Å². The molecule has 1 aliphatic heterocycles. The highest BCUT2D eigenvalue weighted by Crippen LogP contribution is 2.35. The standard InChI is InChI=1S/C27H23N3O2/c1-16-8-11-21(14-18(16)3)24-25(29-23-7-5-6-17(2)19(23)4)27(32)30(26(24)31)22-12-9-20(15-28)10-13-22/h5-14,29H,1-4H3. The molecule has 0 saturated carbocycles. The summed E-state index contributed by atoms with van der Waals surface area (Å²) in [6.45, 7) is 7.97. The number of nitrogens with one attached hydrogen (secondary N) is 1. The molecule has 0 radical (unpaired) electrons. The highest BCUT2D eigenvalue weighted by Gasteiger charge is 2.40. The molecule has 0 bridgehead atoms. The van der Waals surface area contributed by atoms with E-state index in [1.807, 2.05) is 64.1 Å². The number of imide groups is 1. The van der Waals surface area contributed by atoms with Gasteiger partial charge in [0.2, 0.25) is 0 Å². The molecule has 0 aliphatic carbocycles. The normalized spacial score (nSPS) is 13.5. The number of carbonyl (C=O) groups is 2. The van der Waals surface area contributed by atoms with Crippen LogP contribution in [0.1, 0.15) is 33.4 Å². The van der Waals surface area contributed by atoms with Gasteiger partial charge in [-0.2, -0.15) is 5.26 Å². The van der Waals surface area contributed by atoms with E-state index in [0.717, 1.165) is 27.9 Å². The Morgan fingerprint density at radius 1 is 0.812 bits per heavy atom. The molecule has 0 atom stereocenters. The zero-order chi connectivity index (χ0) is 23.0. The van der Waals surface area contributed by atoms with Gasteiger partial charge in [-0.25, -0.2) is 4.90 Å². The van der Waals surface area contributed by atoms with E-state index in [1.165, 1.54) is 4.90 Å². The number of anilines is 2. The maximum Gasteiger partial charge on any atom is 0.282 e. The van der Waals surface area contributed by atoms with E-state index in [-0.39, 0.29) is 5.70 Å². The Morgan fingerprint density at radius 2 is 1.53 bits per heavy atom. The minimum Gasteiger partial charge on any atom is -0.350 e. The number of nitrogens with zero attached hydrogens (tertiary/aromatic N) is 2. The summed E-state index contributed by atoms with van der Waals surface area (Å²) in [4.78, 5) is 28.3. The molecule has 0 aromatic heterocycles. The van der Waals surface area contributed by atoms with Crippen LogP contribution in [0.15, 0.2) is 66.4 Å². The zero-order valence-electron chi connectivity index (χ0n) is 18.5. The molecule has 0 spiro atoms. The van der Waals surface area contributed by atoms with Crippen molar-refractivity contribution >= 4 is 28.8 Å².